The number of nitrogens with two attached hydrogens (primary N) is 1. The maximum Gasteiger partial charge on any atom is 0.237 e. The largest absolute Gasteiger partial charge is 0.497 e. The van der Waals surface area contributed by atoms with Crippen molar-refractivity contribution in [3.8, 4) is 5.75 Å². The van der Waals surface area contributed by atoms with Gasteiger partial charge in [0.25, 0.3) is 0 Å². The van der Waals surface area contributed by atoms with Crippen molar-refractivity contribution < 1.29 is 9.53 Å². The number of rotatable bonds is 7. The Balaban J connectivity index is 1.57. The summed E-state index contributed by atoms with van der Waals surface area (Å²) in [6.07, 6.45) is 5.16. The third kappa shape index (κ3) is 4.79. The Bertz CT molecular complexity index is 808. The van der Waals surface area contributed by atoms with Crippen LogP contribution in [0.2, 0.25) is 0 Å². The monoisotopic (exact) mass is 368 g/mol. The predicted molar refractivity (Wildman–Crippen MR) is 101 cm³/mol. The third-order valence-electron chi connectivity index (χ3n) is 4.62. The number of ether oxygens (including phenoxy) is 1. The first-order valence-corrected chi connectivity index (χ1v) is 8.87. The number of carbonyl (C=O) groups is 1. The van der Waals surface area contributed by atoms with Crippen LogP contribution in [0.4, 0.5) is 0 Å². The maximum absolute atomic E-state index is 12.6. The summed E-state index contributed by atoms with van der Waals surface area (Å²) in [5, 5.41) is 10.3. The molecule has 1 amide bonds. The molecule has 1 fully saturated rings. The van der Waals surface area contributed by atoms with E-state index < -0.39 is 0 Å². The van der Waals surface area contributed by atoms with Crippen LogP contribution in [0.25, 0.3) is 0 Å². The van der Waals surface area contributed by atoms with E-state index in [-0.39, 0.29) is 17.8 Å². The van der Waals surface area contributed by atoms with Gasteiger partial charge in [0.1, 0.15) is 17.3 Å². The number of aromatic nitrogens is 2. The number of nitrogens with one attached hydrogen (secondary N) is 2. The van der Waals surface area contributed by atoms with E-state index in [1.54, 1.807) is 25.6 Å². The first-order valence-electron chi connectivity index (χ1n) is 8.87. The molecule has 3 rings (SSSR count). The highest BCUT2D eigenvalue weighted by Crippen LogP contribution is 2.21. The van der Waals surface area contributed by atoms with Gasteiger partial charge < -0.3 is 15.8 Å². The summed E-state index contributed by atoms with van der Waals surface area (Å²) >= 11 is 0. The van der Waals surface area contributed by atoms with Gasteiger partial charge in [0.2, 0.25) is 5.91 Å². The molecule has 2 aromatic heterocycles. The van der Waals surface area contributed by atoms with Gasteiger partial charge in [-0.25, -0.2) is 0 Å². The van der Waals surface area contributed by atoms with Crippen LogP contribution in [0.3, 0.4) is 0 Å². The first kappa shape index (κ1) is 18.8. The van der Waals surface area contributed by atoms with Crippen LogP contribution in [0, 0.1) is 5.41 Å². The molecule has 0 spiro atoms. The van der Waals surface area contributed by atoms with Gasteiger partial charge in [-0.3, -0.25) is 25.1 Å². The average Bonchev–Trinajstić information content (AvgIpc) is 3.14. The van der Waals surface area contributed by atoms with Crippen LogP contribution in [-0.4, -0.2) is 46.3 Å². The molecule has 142 valence electrons. The summed E-state index contributed by atoms with van der Waals surface area (Å²) in [7, 11) is 1.63. The van der Waals surface area contributed by atoms with E-state index in [4.69, 9.17) is 15.9 Å². The van der Waals surface area contributed by atoms with Crippen LogP contribution in [0.15, 0.2) is 36.7 Å². The Morgan fingerprint density at radius 2 is 2.26 bits per heavy atom. The molecule has 0 aliphatic carbocycles. The predicted octanol–water partition coefficient (Wildman–Crippen LogP) is 1.05. The van der Waals surface area contributed by atoms with Crippen molar-refractivity contribution in [2.75, 3.05) is 13.7 Å². The number of amidine groups is 1. The second-order valence-corrected chi connectivity index (χ2v) is 6.50. The van der Waals surface area contributed by atoms with E-state index in [2.05, 4.69) is 20.2 Å². The normalized spacial score (nSPS) is 16.9. The molecule has 8 heteroatoms. The second kappa shape index (κ2) is 8.59. The fraction of sp³-hybridized carbons (Fsp3) is 0.368. The summed E-state index contributed by atoms with van der Waals surface area (Å²) in [6, 6.07) is 7.04. The lowest BCUT2D eigenvalue weighted by atomic mass is 10.2. The van der Waals surface area contributed by atoms with Gasteiger partial charge in [0, 0.05) is 31.5 Å². The van der Waals surface area contributed by atoms with E-state index in [1.165, 1.54) is 0 Å². The van der Waals surface area contributed by atoms with Crippen molar-refractivity contribution in [2.45, 2.75) is 32.0 Å². The molecular formula is C19H24N6O2. The highest BCUT2D eigenvalue weighted by atomic mass is 16.5. The van der Waals surface area contributed by atoms with Crippen LogP contribution in [0.5, 0.6) is 5.75 Å². The lowest BCUT2D eigenvalue weighted by Gasteiger charge is -2.23. The zero-order valence-corrected chi connectivity index (χ0v) is 15.3. The number of amides is 1. The zero-order valence-electron chi connectivity index (χ0n) is 15.3. The smallest absolute Gasteiger partial charge is 0.237 e. The van der Waals surface area contributed by atoms with Crippen molar-refractivity contribution in [1.82, 2.24) is 20.2 Å². The molecule has 2 aromatic rings. The maximum atomic E-state index is 12.6. The SMILES string of the molecule is COc1ccnc(CN2CCC[C@H]2C(=O)NCc2ccc(C(=N)N)nc2)c1. The topological polar surface area (TPSA) is 117 Å². The third-order valence-corrected chi connectivity index (χ3v) is 4.62. The number of pyridine rings is 2. The molecular weight excluding hydrogens is 344 g/mol. The zero-order chi connectivity index (χ0) is 19.2. The Morgan fingerprint density at radius 1 is 1.41 bits per heavy atom. The minimum Gasteiger partial charge on any atom is -0.497 e. The van der Waals surface area contributed by atoms with Crippen molar-refractivity contribution in [2.24, 2.45) is 5.73 Å². The Hall–Kier alpha value is -3.00. The number of hydrogen-bond acceptors (Lipinski definition) is 6. The summed E-state index contributed by atoms with van der Waals surface area (Å²) < 4.78 is 5.24. The van der Waals surface area contributed by atoms with Crippen LogP contribution in [0.1, 0.15) is 29.8 Å². The minimum atomic E-state index is -0.164. The highest BCUT2D eigenvalue weighted by molar-refractivity contribution is 5.92. The quantitative estimate of drug-likeness (QED) is 0.497. The Labute approximate surface area is 158 Å². The van der Waals surface area contributed by atoms with Crippen molar-refractivity contribution in [3.63, 3.8) is 0 Å². The van der Waals surface area contributed by atoms with Gasteiger partial charge in [-0.15, -0.1) is 0 Å². The van der Waals surface area contributed by atoms with Crippen LogP contribution >= 0.6 is 0 Å². The molecule has 0 unspecified atom stereocenters. The summed E-state index contributed by atoms with van der Waals surface area (Å²) in [6.45, 7) is 1.88. The molecule has 27 heavy (non-hydrogen) atoms. The van der Waals surface area contributed by atoms with E-state index in [9.17, 15) is 4.79 Å². The Kier molecular flexibility index (Phi) is 5.97. The first-order chi connectivity index (χ1) is 13.1. The van der Waals surface area contributed by atoms with Gasteiger partial charge in [0.15, 0.2) is 0 Å². The summed E-state index contributed by atoms with van der Waals surface area (Å²) in [5.41, 5.74) is 7.58. The van der Waals surface area contributed by atoms with E-state index in [0.717, 1.165) is 36.4 Å². The lowest BCUT2D eigenvalue weighted by Crippen LogP contribution is -2.42. The minimum absolute atomic E-state index is 0.00559. The fourth-order valence-corrected chi connectivity index (χ4v) is 3.19. The molecule has 0 aromatic carbocycles. The summed E-state index contributed by atoms with van der Waals surface area (Å²) in [4.78, 5) is 23.3. The fourth-order valence-electron chi connectivity index (χ4n) is 3.19. The molecule has 1 aliphatic heterocycles. The summed E-state index contributed by atoms with van der Waals surface area (Å²) in [5.74, 6) is 0.700. The second-order valence-electron chi connectivity index (χ2n) is 6.50. The number of methoxy groups -OCH3 is 1. The molecule has 4 N–H and O–H groups in total. The molecule has 3 heterocycles. The number of hydrogen-bond donors (Lipinski definition) is 3. The standard InChI is InChI=1S/C19H24N6O2/c1-27-15-6-7-22-14(9-15)12-25-8-2-3-17(25)19(26)24-11-13-4-5-16(18(20)21)23-10-13/h4-7,9-10,17H,2-3,8,11-12H2,1H3,(H3,20,21)(H,24,26)/t17-/m0/s1. The average molecular weight is 368 g/mol. The van der Waals surface area contributed by atoms with E-state index >= 15 is 0 Å². The lowest BCUT2D eigenvalue weighted by molar-refractivity contribution is -0.125. The van der Waals surface area contributed by atoms with E-state index in [0.29, 0.717) is 18.8 Å². The van der Waals surface area contributed by atoms with Crippen LogP contribution < -0.4 is 15.8 Å². The van der Waals surface area contributed by atoms with Crippen LogP contribution in [-0.2, 0) is 17.9 Å². The molecule has 0 radical (unpaired) electrons. The van der Waals surface area contributed by atoms with Crippen molar-refractivity contribution >= 4 is 11.7 Å². The van der Waals surface area contributed by atoms with Crippen molar-refractivity contribution in [1.29, 1.82) is 5.41 Å². The van der Waals surface area contributed by atoms with Crippen molar-refractivity contribution in [3.05, 3.63) is 53.6 Å². The van der Waals surface area contributed by atoms with Gasteiger partial charge >= 0.3 is 0 Å². The molecule has 0 saturated carbocycles. The number of nitrogens with zero attached hydrogens (tertiary/aromatic N) is 3. The molecule has 1 atom stereocenters. The van der Waals surface area contributed by atoms with Gasteiger partial charge in [-0.2, -0.15) is 0 Å². The molecule has 8 nitrogen and oxygen atoms in total. The van der Waals surface area contributed by atoms with Gasteiger partial charge in [-0.05, 0) is 37.1 Å². The molecule has 1 saturated heterocycles. The van der Waals surface area contributed by atoms with Gasteiger partial charge in [0.05, 0.1) is 18.8 Å². The Morgan fingerprint density at radius 3 is 2.96 bits per heavy atom. The molecule has 0 bridgehead atoms. The van der Waals surface area contributed by atoms with E-state index in [1.807, 2.05) is 18.2 Å². The number of likely N-dealkylation sites (tertiary alicyclic amines) is 1. The number of nitrogen functional groups attached to an aromatic ring is 1. The highest BCUT2D eigenvalue weighted by Gasteiger charge is 2.30. The molecule has 1 aliphatic rings. The number of carbonyl (C=O) groups excluding carboxylic acids is 1. The van der Waals surface area contributed by atoms with Gasteiger partial charge in [-0.1, -0.05) is 6.07 Å².